The predicted octanol–water partition coefficient (Wildman–Crippen LogP) is 3.55. The number of hydrogen-bond donors (Lipinski definition) is 0. The molecule has 0 fully saturated rings. The first-order valence-electron chi connectivity index (χ1n) is 9.36. The van der Waals surface area contributed by atoms with Gasteiger partial charge in [0.05, 0.1) is 24.6 Å². The fourth-order valence-electron chi connectivity index (χ4n) is 3.54. The van der Waals surface area contributed by atoms with Crippen molar-refractivity contribution in [3.05, 3.63) is 59.5 Å². The Morgan fingerprint density at radius 3 is 2.55 bits per heavy atom. The zero-order chi connectivity index (χ0) is 20.5. The third kappa shape index (κ3) is 3.40. The second-order valence-corrected chi connectivity index (χ2v) is 6.87. The van der Waals surface area contributed by atoms with Gasteiger partial charge < -0.3 is 23.7 Å². The van der Waals surface area contributed by atoms with Crippen LogP contribution in [0, 0.1) is 13.8 Å². The van der Waals surface area contributed by atoms with Crippen LogP contribution in [0.3, 0.4) is 0 Å². The van der Waals surface area contributed by atoms with Gasteiger partial charge in [-0.1, -0.05) is 0 Å². The molecule has 0 radical (unpaired) electrons. The number of pyridine rings is 1. The van der Waals surface area contributed by atoms with E-state index in [2.05, 4.69) is 4.98 Å². The van der Waals surface area contributed by atoms with Crippen molar-refractivity contribution >= 4 is 11.6 Å². The lowest BCUT2D eigenvalue weighted by atomic mass is 10.2. The van der Waals surface area contributed by atoms with Gasteiger partial charge in [0.25, 0.3) is 5.91 Å². The smallest absolute Gasteiger partial charge is 0.259 e. The summed E-state index contributed by atoms with van der Waals surface area (Å²) in [5.74, 6) is 1.86. The van der Waals surface area contributed by atoms with Crippen molar-refractivity contribution in [2.75, 3.05) is 32.3 Å². The van der Waals surface area contributed by atoms with Gasteiger partial charge in [-0.25, -0.2) is 4.98 Å². The Hall–Kier alpha value is -3.48. The Kier molecular flexibility index (Phi) is 4.88. The number of fused-ring (bicyclic) bond motifs is 1. The first-order chi connectivity index (χ1) is 14.0. The average Bonchev–Trinajstić information content (AvgIpc) is 3.06. The molecular weight excluding hydrogens is 370 g/mol. The molecule has 0 bridgehead atoms. The van der Waals surface area contributed by atoms with Gasteiger partial charge in [-0.2, -0.15) is 0 Å². The molecule has 0 N–H and O–H groups in total. The zero-order valence-electron chi connectivity index (χ0n) is 16.9. The Morgan fingerprint density at radius 1 is 1.10 bits per heavy atom. The molecule has 0 saturated carbocycles. The molecule has 150 valence electrons. The molecule has 1 aromatic carbocycles. The minimum absolute atomic E-state index is 0.103. The molecule has 2 aromatic heterocycles. The number of benzene rings is 1. The van der Waals surface area contributed by atoms with E-state index < -0.39 is 0 Å². The van der Waals surface area contributed by atoms with E-state index in [1.54, 1.807) is 31.3 Å². The number of aryl methyl sites for hydroxylation is 1. The summed E-state index contributed by atoms with van der Waals surface area (Å²) < 4.78 is 18.4. The normalized spacial score (nSPS) is 12.6. The summed E-state index contributed by atoms with van der Waals surface area (Å²) in [6, 6.07) is 11.3. The van der Waals surface area contributed by atoms with Gasteiger partial charge in [0, 0.05) is 36.3 Å². The highest BCUT2D eigenvalue weighted by Crippen LogP contribution is 2.33. The maximum Gasteiger partial charge on any atom is 0.259 e. The maximum atomic E-state index is 13.2. The van der Waals surface area contributed by atoms with Gasteiger partial charge >= 0.3 is 0 Å². The monoisotopic (exact) mass is 393 g/mol. The van der Waals surface area contributed by atoms with E-state index >= 15 is 0 Å². The van der Waals surface area contributed by atoms with E-state index in [0.717, 1.165) is 28.6 Å². The van der Waals surface area contributed by atoms with Crippen LogP contribution >= 0.6 is 0 Å². The molecule has 0 spiro atoms. The van der Waals surface area contributed by atoms with E-state index in [9.17, 15) is 4.79 Å². The van der Waals surface area contributed by atoms with Crippen LogP contribution < -0.4 is 19.1 Å². The molecule has 0 atom stereocenters. The summed E-state index contributed by atoms with van der Waals surface area (Å²) in [5.41, 5.74) is 4.08. The fraction of sp³-hybridized carbons (Fsp3) is 0.273. The first kappa shape index (κ1) is 18.9. The molecule has 0 aliphatic carbocycles. The van der Waals surface area contributed by atoms with Crippen LogP contribution in [0.25, 0.3) is 5.69 Å². The quantitative estimate of drug-likeness (QED) is 0.678. The second kappa shape index (κ2) is 7.50. The van der Waals surface area contributed by atoms with Gasteiger partial charge in [-0.15, -0.1) is 0 Å². The van der Waals surface area contributed by atoms with Gasteiger partial charge in [0.15, 0.2) is 11.5 Å². The van der Waals surface area contributed by atoms with Crippen LogP contribution in [-0.2, 0) is 0 Å². The highest BCUT2D eigenvalue weighted by molar-refractivity contribution is 6.06. The average molecular weight is 393 g/mol. The highest BCUT2D eigenvalue weighted by Gasteiger charge is 2.22. The zero-order valence-corrected chi connectivity index (χ0v) is 16.9. The molecule has 3 heterocycles. The minimum Gasteiger partial charge on any atom is -0.486 e. The summed E-state index contributed by atoms with van der Waals surface area (Å²) in [6.07, 6.45) is 1.62. The SMILES string of the molecule is COc1ccc(N(C)C(=O)c2cc(C)n(-c3ccc4c(c3)OCCO4)c2C)cn1. The molecule has 1 aliphatic heterocycles. The summed E-state index contributed by atoms with van der Waals surface area (Å²) in [7, 11) is 3.30. The molecule has 3 aromatic rings. The van der Waals surface area contributed by atoms with Crippen molar-refractivity contribution < 1.29 is 19.0 Å². The van der Waals surface area contributed by atoms with Crippen molar-refractivity contribution in [2.24, 2.45) is 0 Å². The lowest BCUT2D eigenvalue weighted by Crippen LogP contribution is -2.26. The third-order valence-corrected chi connectivity index (χ3v) is 5.07. The number of methoxy groups -OCH3 is 1. The molecule has 0 unspecified atom stereocenters. The number of nitrogens with zero attached hydrogens (tertiary/aromatic N) is 3. The highest BCUT2D eigenvalue weighted by atomic mass is 16.6. The van der Waals surface area contributed by atoms with Crippen molar-refractivity contribution in [2.45, 2.75) is 13.8 Å². The molecule has 7 nitrogen and oxygen atoms in total. The van der Waals surface area contributed by atoms with Crippen LogP contribution in [0.2, 0.25) is 0 Å². The maximum absolute atomic E-state index is 13.2. The van der Waals surface area contributed by atoms with Crippen LogP contribution in [-0.4, -0.2) is 42.8 Å². The number of carbonyl (C=O) groups is 1. The lowest BCUT2D eigenvalue weighted by molar-refractivity contribution is 0.0992. The number of ether oxygens (including phenoxy) is 3. The summed E-state index contributed by atoms with van der Waals surface area (Å²) in [6.45, 7) is 5.01. The van der Waals surface area contributed by atoms with E-state index in [4.69, 9.17) is 14.2 Å². The molecule has 7 heteroatoms. The topological polar surface area (TPSA) is 65.8 Å². The summed E-state index contributed by atoms with van der Waals surface area (Å²) in [4.78, 5) is 18.9. The molecular formula is C22H23N3O4. The van der Waals surface area contributed by atoms with Crippen molar-refractivity contribution in [3.63, 3.8) is 0 Å². The summed E-state index contributed by atoms with van der Waals surface area (Å²) in [5, 5.41) is 0. The van der Waals surface area contributed by atoms with Gasteiger partial charge in [-0.05, 0) is 38.1 Å². The van der Waals surface area contributed by atoms with E-state index in [-0.39, 0.29) is 5.91 Å². The number of carbonyl (C=O) groups excluding carboxylic acids is 1. The predicted molar refractivity (Wildman–Crippen MR) is 110 cm³/mol. The third-order valence-electron chi connectivity index (χ3n) is 5.07. The van der Waals surface area contributed by atoms with Crippen LogP contribution in [0.4, 0.5) is 5.69 Å². The molecule has 0 saturated heterocycles. The van der Waals surface area contributed by atoms with Crippen LogP contribution in [0.5, 0.6) is 17.4 Å². The molecule has 1 amide bonds. The minimum atomic E-state index is -0.103. The Labute approximate surface area is 169 Å². The molecule has 1 aliphatic rings. The number of rotatable bonds is 4. The molecule has 29 heavy (non-hydrogen) atoms. The first-order valence-corrected chi connectivity index (χ1v) is 9.36. The van der Waals surface area contributed by atoms with E-state index in [0.29, 0.717) is 30.3 Å². The van der Waals surface area contributed by atoms with E-state index in [1.807, 2.05) is 48.7 Å². The van der Waals surface area contributed by atoms with Gasteiger partial charge in [0.1, 0.15) is 13.2 Å². The van der Waals surface area contributed by atoms with Gasteiger partial charge in [0.2, 0.25) is 5.88 Å². The Bertz CT molecular complexity index is 1060. The van der Waals surface area contributed by atoms with Crippen molar-refractivity contribution in [1.29, 1.82) is 0 Å². The lowest BCUT2D eigenvalue weighted by Gasteiger charge is -2.20. The second-order valence-electron chi connectivity index (χ2n) is 6.87. The van der Waals surface area contributed by atoms with Gasteiger partial charge in [-0.3, -0.25) is 4.79 Å². The Morgan fingerprint density at radius 2 is 1.86 bits per heavy atom. The largest absolute Gasteiger partial charge is 0.486 e. The molecule has 4 rings (SSSR count). The number of anilines is 1. The van der Waals surface area contributed by atoms with Crippen LogP contribution in [0.1, 0.15) is 21.7 Å². The number of amides is 1. The summed E-state index contributed by atoms with van der Waals surface area (Å²) >= 11 is 0. The van der Waals surface area contributed by atoms with Crippen molar-refractivity contribution in [1.82, 2.24) is 9.55 Å². The van der Waals surface area contributed by atoms with Crippen LogP contribution in [0.15, 0.2) is 42.6 Å². The fourth-order valence-corrected chi connectivity index (χ4v) is 3.54. The number of hydrogen-bond acceptors (Lipinski definition) is 5. The number of aromatic nitrogens is 2. The van der Waals surface area contributed by atoms with E-state index in [1.165, 1.54) is 0 Å². The Balaban J connectivity index is 1.66. The standard InChI is InChI=1S/C22H23N3O4/c1-14-11-18(22(26)24(3)17-6-8-21(27-4)23-13-17)15(2)25(14)16-5-7-19-20(12-16)29-10-9-28-19/h5-8,11-13H,9-10H2,1-4H3. The van der Waals surface area contributed by atoms with Crippen molar-refractivity contribution in [3.8, 4) is 23.1 Å².